The van der Waals surface area contributed by atoms with E-state index in [1.807, 2.05) is 28.8 Å². The molecule has 20 heavy (non-hydrogen) atoms. The van der Waals surface area contributed by atoms with Crippen LogP contribution in [-0.2, 0) is 17.8 Å². The first kappa shape index (κ1) is 14.1. The van der Waals surface area contributed by atoms with Gasteiger partial charge in [-0.15, -0.1) is 0 Å². The van der Waals surface area contributed by atoms with Gasteiger partial charge in [-0.1, -0.05) is 25.5 Å². The van der Waals surface area contributed by atoms with E-state index < -0.39 is 0 Å². The second-order valence-electron chi connectivity index (χ2n) is 4.64. The predicted molar refractivity (Wildman–Crippen MR) is 77.0 cm³/mol. The van der Waals surface area contributed by atoms with Crippen LogP contribution in [0.5, 0.6) is 0 Å². The Morgan fingerprint density at radius 1 is 1.45 bits per heavy atom. The van der Waals surface area contributed by atoms with E-state index in [9.17, 15) is 4.79 Å². The van der Waals surface area contributed by atoms with Gasteiger partial charge < -0.3 is 9.88 Å². The van der Waals surface area contributed by atoms with Gasteiger partial charge in [-0.3, -0.25) is 4.79 Å². The van der Waals surface area contributed by atoms with Gasteiger partial charge in [-0.25, -0.2) is 4.98 Å². The summed E-state index contributed by atoms with van der Waals surface area (Å²) in [6.45, 7) is 2.98. The first-order chi connectivity index (χ1) is 9.76. The van der Waals surface area contributed by atoms with Gasteiger partial charge in [0.25, 0.3) is 0 Å². The lowest BCUT2D eigenvalue weighted by atomic mass is 10.3. The normalized spacial score (nSPS) is 10.4. The molecule has 0 saturated carbocycles. The quantitative estimate of drug-likeness (QED) is 0.816. The van der Waals surface area contributed by atoms with Gasteiger partial charge in [0.15, 0.2) is 0 Å². The summed E-state index contributed by atoms with van der Waals surface area (Å²) in [7, 11) is 0. The molecule has 5 nitrogen and oxygen atoms in total. The number of imidazole rings is 1. The number of carbonyl (C=O) groups is 1. The highest BCUT2D eigenvalue weighted by molar-refractivity contribution is 5.81. The lowest BCUT2D eigenvalue weighted by molar-refractivity contribution is -0.121. The Kier molecular flexibility index (Phi) is 4.72. The molecule has 0 saturated heterocycles. The minimum Gasteiger partial charge on any atom is -0.355 e. The number of carbonyl (C=O) groups excluding carboxylic acids is 1. The minimum absolute atomic E-state index is 0.0409. The molecule has 1 heterocycles. The van der Waals surface area contributed by atoms with E-state index >= 15 is 0 Å². The number of fused-ring (bicyclic) bond motifs is 1. The number of hydrogen-bond acceptors (Lipinski definition) is 3. The number of nitriles is 1. The Morgan fingerprint density at radius 2 is 2.25 bits per heavy atom. The number of para-hydroxylation sites is 2. The molecule has 0 unspecified atom stereocenters. The fourth-order valence-electron chi connectivity index (χ4n) is 2.11. The molecule has 0 radical (unpaired) electrons. The van der Waals surface area contributed by atoms with Crippen LogP contribution in [0, 0.1) is 11.3 Å². The van der Waals surface area contributed by atoms with Gasteiger partial charge in [0, 0.05) is 6.54 Å². The Labute approximate surface area is 118 Å². The topological polar surface area (TPSA) is 70.7 Å². The number of unbranched alkanes of at least 4 members (excludes halogenated alkanes) is 1. The van der Waals surface area contributed by atoms with Crippen molar-refractivity contribution in [3.8, 4) is 6.07 Å². The Balaban J connectivity index is 2.21. The van der Waals surface area contributed by atoms with Crippen LogP contribution in [0.4, 0.5) is 0 Å². The zero-order chi connectivity index (χ0) is 14.4. The van der Waals surface area contributed by atoms with Crippen LogP contribution >= 0.6 is 0 Å². The first-order valence-corrected chi connectivity index (χ1v) is 6.84. The molecule has 1 aromatic carbocycles. The molecule has 0 aliphatic rings. The molecule has 0 fully saturated rings. The van der Waals surface area contributed by atoms with Crippen LogP contribution in [-0.4, -0.2) is 22.0 Å². The fourth-order valence-corrected chi connectivity index (χ4v) is 2.11. The number of benzene rings is 1. The Morgan fingerprint density at radius 3 is 3.00 bits per heavy atom. The van der Waals surface area contributed by atoms with Gasteiger partial charge >= 0.3 is 0 Å². The summed E-state index contributed by atoms with van der Waals surface area (Å²) in [5, 5.41) is 11.8. The first-order valence-electron chi connectivity index (χ1n) is 6.84. The zero-order valence-electron chi connectivity index (χ0n) is 11.6. The van der Waals surface area contributed by atoms with Crippen molar-refractivity contribution in [3.63, 3.8) is 0 Å². The van der Waals surface area contributed by atoms with Crippen molar-refractivity contribution in [2.75, 3.05) is 6.54 Å². The van der Waals surface area contributed by atoms with Crippen LogP contribution in [0.15, 0.2) is 24.3 Å². The van der Waals surface area contributed by atoms with E-state index in [4.69, 9.17) is 5.26 Å². The molecule has 0 atom stereocenters. The number of rotatable bonds is 6. The number of nitrogens with one attached hydrogen (secondary N) is 1. The van der Waals surface area contributed by atoms with Crippen molar-refractivity contribution >= 4 is 16.9 Å². The monoisotopic (exact) mass is 270 g/mol. The lowest BCUT2D eigenvalue weighted by Gasteiger charge is -2.08. The molecule has 0 aliphatic carbocycles. The SMILES string of the molecule is CCCCNC(=O)Cn1c(CC#N)nc2ccccc21. The largest absolute Gasteiger partial charge is 0.355 e. The second-order valence-corrected chi connectivity index (χ2v) is 4.64. The summed E-state index contributed by atoms with van der Waals surface area (Å²) in [4.78, 5) is 16.4. The van der Waals surface area contributed by atoms with Crippen molar-refractivity contribution < 1.29 is 4.79 Å². The Bertz CT molecular complexity index is 639. The number of nitrogens with zero attached hydrogens (tertiary/aromatic N) is 3. The molecule has 104 valence electrons. The van der Waals surface area contributed by atoms with Crippen molar-refractivity contribution in [3.05, 3.63) is 30.1 Å². The average molecular weight is 270 g/mol. The maximum Gasteiger partial charge on any atom is 0.240 e. The fraction of sp³-hybridized carbons (Fsp3) is 0.400. The molecule has 1 N–H and O–H groups in total. The molecule has 1 amide bonds. The van der Waals surface area contributed by atoms with Crippen LogP contribution in [0.25, 0.3) is 11.0 Å². The molecular weight excluding hydrogens is 252 g/mol. The third-order valence-corrected chi connectivity index (χ3v) is 3.12. The number of aromatic nitrogens is 2. The highest BCUT2D eigenvalue weighted by Crippen LogP contribution is 2.16. The number of amides is 1. The van der Waals surface area contributed by atoms with E-state index in [2.05, 4.69) is 23.3 Å². The third-order valence-electron chi connectivity index (χ3n) is 3.12. The molecule has 1 aromatic heterocycles. The van der Waals surface area contributed by atoms with Crippen LogP contribution in [0.3, 0.4) is 0 Å². The molecule has 0 bridgehead atoms. The smallest absolute Gasteiger partial charge is 0.240 e. The summed E-state index contributed by atoms with van der Waals surface area (Å²) >= 11 is 0. The standard InChI is InChI=1S/C15H18N4O/c1-2-3-10-17-15(20)11-19-13-7-5-4-6-12(13)18-14(19)8-9-16/h4-7H,2-3,8,10-11H2,1H3,(H,17,20). The van der Waals surface area contributed by atoms with E-state index in [1.165, 1.54) is 0 Å². The van der Waals surface area contributed by atoms with Crippen molar-refractivity contribution in [1.29, 1.82) is 5.26 Å². The molecule has 2 rings (SSSR count). The lowest BCUT2D eigenvalue weighted by Crippen LogP contribution is -2.28. The summed E-state index contributed by atoms with van der Waals surface area (Å²) < 4.78 is 1.82. The van der Waals surface area contributed by atoms with Crippen molar-refractivity contribution in [2.24, 2.45) is 0 Å². The highest BCUT2D eigenvalue weighted by Gasteiger charge is 2.12. The highest BCUT2D eigenvalue weighted by atomic mass is 16.1. The second kappa shape index (κ2) is 6.71. The predicted octanol–water partition coefficient (Wildman–Crippen LogP) is 2.02. The van der Waals surface area contributed by atoms with Crippen LogP contribution < -0.4 is 5.32 Å². The molecule has 5 heteroatoms. The summed E-state index contributed by atoms with van der Waals surface area (Å²) in [5.41, 5.74) is 1.71. The van der Waals surface area contributed by atoms with E-state index in [1.54, 1.807) is 0 Å². The molecular formula is C15H18N4O. The number of hydrogen-bond donors (Lipinski definition) is 1. The van der Waals surface area contributed by atoms with Crippen molar-refractivity contribution in [2.45, 2.75) is 32.7 Å². The van der Waals surface area contributed by atoms with Gasteiger partial charge in [0.05, 0.1) is 23.5 Å². The third kappa shape index (κ3) is 3.15. The maximum absolute atomic E-state index is 11.9. The summed E-state index contributed by atoms with van der Waals surface area (Å²) in [5.74, 6) is 0.597. The van der Waals surface area contributed by atoms with Gasteiger partial charge in [0.2, 0.25) is 5.91 Å². The minimum atomic E-state index is -0.0409. The molecule has 0 aliphatic heterocycles. The maximum atomic E-state index is 11.9. The van der Waals surface area contributed by atoms with Crippen molar-refractivity contribution in [1.82, 2.24) is 14.9 Å². The summed E-state index contributed by atoms with van der Waals surface area (Å²) in [6, 6.07) is 9.71. The van der Waals surface area contributed by atoms with Gasteiger partial charge in [-0.2, -0.15) is 5.26 Å². The van der Waals surface area contributed by atoms with E-state index in [0.717, 1.165) is 23.9 Å². The average Bonchev–Trinajstić information content (AvgIpc) is 2.78. The van der Waals surface area contributed by atoms with E-state index in [0.29, 0.717) is 12.4 Å². The summed E-state index contributed by atoms with van der Waals surface area (Å²) in [6.07, 6.45) is 2.23. The van der Waals surface area contributed by atoms with Gasteiger partial charge in [0.1, 0.15) is 12.4 Å². The Hall–Kier alpha value is -2.35. The zero-order valence-corrected chi connectivity index (χ0v) is 11.6. The van der Waals surface area contributed by atoms with E-state index in [-0.39, 0.29) is 18.9 Å². The molecule has 2 aromatic rings. The van der Waals surface area contributed by atoms with Gasteiger partial charge in [-0.05, 0) is 18.6 Å². The molecule has 0 spiro atoms. The van der Waals surface area contributed by atoms with Crippen LogP contribution in [0.1, 0.15) is 25.6 Å². The van der Waals surface area contributed by atoms with Crippen LogP contribution in [0.2, 0.25) is 0 Å².